The fourth-order valence-electron chi connectivity index (χ4n) is 2.91. The maximum Gasteiger partial charge on any atom is 0.120 e. The van der Waals surface area contributed by atoms with Crippen LogP contribution < -0.4 is 4.74 Å². The van der Waals surface area contributed by atoms with Gasteiger partial charge in [-0.2, -0.15) is 0 Å². The third-order valence-corrected chi connectivity index (χ3v) is 5.61. The summed E-state index contributed by atoms with van der Waals surface area (Å²) in [5.41, 5.74) is 1.34. The van der Waals surface area contributed by atoms with Gasteiger partial charge in [0.25, 0.3) is 0 Å². The van der Waals surface area contributed by atoms with E-state index in [0.29, 0.717) is 4.83 Å². The summed E-state index contributed by atoms with van der Waals surface area (Å²) in [5.74, 6) is 1.78. The second-order valence-corrected chi connectivity index (χ2v) is 7.41. The smallest absolute Gasteiger partial charge is 0.120 e. The van der Waals surface area contributed by atoms with E-state index >= 15 is 0 Å². The second kappa shape index (κ2) is 7.68. The first kappa shape index (κ1) is 15.4. The van der Waals surface area contributed by atoms with Crippen molar-refractivity contribution in [2.24, 2.45) is 5.92 Å². The molecule has 0 heterocycles. The van der Waals surface area contributed by atoms with Gasteiger partial charge in [0.15, 0.2) is 0 Å². The van der Waals surface area contributed by atoms with Crippen LogP contribution in [0.5, 0.6) is 5.75 Å². The van der Waals surface area contributed by atoms with E-state index in [1.807, 2.05) is 6.07 Å². The van der Waals surface area contributed by atoms with E-state index in [2.05, 4.69) is 44.0 Å². The van der Waals surface area contributed by atoms with Crippen LogP contribution in [0.2, 0.25) is 0 Å². The van der Waals surface area contributed by atoms with Crippen molar-refractivity contribution in [1.29, 1.82) is 0 Å². The summed E-state index contributed by atoms with van der Waals surface area (Å²) >= 11 is 7.53. The molecule has 0 amide bonds. The topological polar surface area (TPSA) is 9.23 Å². The Kier molecular flexibility index (Phi) is 6.21. The molecule has 2 rings (SSSR count). The minimum absolute atomic E-state index is 0.441. The van der Waals surface area contributed by atoms with Gasteiger partial charge < -0.3 is 4.74 Å². The number of hydrogen-bond acceptors (Lipinski definition) is 1. The quantitative estimate of drug-likeness (QED) is 0.436. The van der Waals surface area contributed by atoms with Crippen LogP contribution in [-0.2, 0) is 0 Å². The largest absolute Gasteiger partial charge is 0.497 e. The van der Waals surface area contributed by atoms with Gasteiger partial charge in [0.05, 0.1) is 7.11 Å². The van der Waals surface area contributed by atoms with Crippen LogP contribution in [0.25, 0.3) is 0 Å². The fourth-order valence-corrected chi connectivity index (χ4v) is 4.78. The third kappa shape index (κ3) is 4.49. The maximum atomic E-state index is 5.25. The third-order valence-electron chi connectivity index (χ3n) is 4.06. The molecular formula is C16H22Br2O. The normalized spacial score (nSPS) is 18.9. The summed E-state index contributed by atoms with van der Waals surface area (Å²) in [7, 11) is 1.71. The van der Waals surface area contributed by atoms with Crippen LogP contribution in [0.15, 0.2) is 22.7 Å². The average Bonchev–Trinajstić information content (AvgIpc) is 2.67. The van der Waals surface area contributed by atoms with Crippen molar-refractivity contribution in [3.05, 3.63) is 28.2 Å². The van der Waals surface area contributed by atoms with Crippen LogP contribution >= 0.6 is 31.9 Å². The highest BCUT2D eigenvalue weighted by molar-refractivity contribution is 9.11. The lowest BCUT2D eigenvalue weighted by molar-refractivity contribution is 0.413. The Bertz CT molecular complexity index is 398. The Morgan fingerprint density at radius 3 is 2.47 bits per heavy atom. The molecule has 1 aliphatic rings. The van der Waals surface area contributed by atoms with Crippen molar-refractivity contribution < 1.29 is 4.74 Å². The van der Waals surface area contributed by atoms with Crippen molar-refractivity contribution in [2.45, 2.75) is 49.8 Å². The standard InChI is InChI=1S/C16H22Br2O/c1-19-13-8-9-14(16(18)11-13)15(17)10-12-6-4-2-3-5-7-12/h8-9,11-12,15H,2-7,10H2,1H3. The summed E-state index contributed by atoms with van der Waals surface area (Å²) < 4.78 is 6.39. The number of methoxy groups -OCH3 is 1. The van der Waals surface area contributed by atoms with Crippen molar-refractivity contribution in [3.8, 4) is 5.75 Å². The maximum absolute atomic E-state index is 5.25. The number of ether oxygens (including phenoxy) is 1. The van der Waals surface area contributed by atoms with Gasteiger partial charge in [-0.25, -0.2) is 0 Å². The molecule has 0 aliphatic heterocycles. The van der Waals surface area contributed by atoms with Gasteiger partial charge in [-0.15, -0.1) is 0 Å². The van der Waals surface area contributed by atoms with E-state index in [9.17, 15) is 0 Å². The number of rotatable bonds is 4. The van der Waals surface area contributed by atoms with Crippen LogP contribution in [0.1, 0.15) is 55.3 Å². The van der Waals surface area contributed by atoms with E-state index in [1.54, 1.807) is 7.11 Å². The van der Waals surface area contributed by atoms with Gasteiger partial charge in [0, 0.05) is 9.30 Å². The number of benzene rings is 1. The first-order valence-corrected chi connectivity index (χ1v) is 8.89. The molecule has 0 radical (unpaired) electrons. The first-order chi connectivity index (χ1) is 9.20. The molecule has 0 spiro atoms. The van der Waals surface area contributed by atoms with Gasteiger partial charge in [-0.1, -0.05) is 76.5 Å². The van der Waals surface area contributed by atoms with Crippen LogP contribution in [0.4, 0.5) is 0 Å². The van der Waals surface area contributed by atoms with E-state index in [-0.39, 0.29) is 0 Å². The molecule has 0 aromatic heterocycles. The Morgan fingerprint density at radius 1 is 1.21 bits per heavy atom. The molecule has 1 aromatic carbocycles. The lowest BCUT2D eigenvalue weighted by Crippen LogP contribution is -2.03. The van der Waals surface area contributed by atoms with Crippen LogP contribution in [0.3, 0.4) is 0 Å². The molecule has 3 heteroatoms. The zero-order valence-corrected chi connectivity index (χ0v) is 14.7. The average molecular weight is 390 g/mol. The predicted octanol–water partition coefficient (Wildman–Crippen LogP) is 6.25. The molecule has 19 heavy (non-hydrogen) atoms. The van der Waals surface area contributed by atoms with E-state index < -0.39 is 0 Å². The Balaban J connectivity index is 2.00. The van der Waals surface area contributed by atoms with Crippen LogP contribution in [-0.4, -0.2) is 7.11 Å². The lowest BCUT2D eigenvalue weighted by Gasteiger charge is -2.19. The molecule has 0 bridgehead atoms. The number of halogens is 2. The van der Waals surface area contributed by atoms with E-state index in [0.717, 1.165) is 16.1 Å². The van der Waals surface area contributed by atoms with Gasteiger partial charge in [0.2, 0.25) is 0 Å². The van der Waals surface area contributed by atoms with Crippen molar-refractivity contribution in [1.82, 2.24) is 0 Å². The summed E-state index contributed by atoms with van der Waals surface area (Å²) in [6.07, 6.45) is 9.71. The highest BCUT2D eigenvalue weighted by Crippen LogP contribution is 2.39. The second-order valence-electron chi connectivity index (χ2n) is 5.45. The highest BCUT2D eigenvalue weighted by Gasteiger charge is 2.19. The molecule has 0 saturated heterocycles. The molecule has 1 aromatic rings. The van der Waals surface area contributed by atoms with Gasteiger partial charge in [-0.3, -0.25) is 0 Å². The minimum Gasteiger partial charge on any atom is -0.497 e. The molecule has 1 unspecified atom stereocenters. The van der Waals surface area contributed by atoms with Crippen molar-refractivity contribution in [2.75, 3.05) is 7.11 Å². The van der Waals surface area contributed by atoms with Crippen LogP contribution in [0, 0.1) is 5.92 Å². The lowest BCUT2D eigenvalue weighted by atomic mass is 9.93. The van der Waals surface area contributed by atoms with E-state index in [1.165, 1.54) is 50.5 Å². The molecule has 106 valence electrons. The molecule has 1 saturated carbocycles. The zero-order chi connectivity index (χ0) is 13.7. The number of hydrogen-bond donors (Lipinski definition) is 0. The monoisotopic (exact) mass is 388 g/mol. The molecule has 0 N–H and O–H groups in total. The fraction of sp³-hybridized carbons (Fsp3) is 0.625. The molecule has 1 aliphatic carbocycles. The Labute approximate surface area is 133 Å². The van der Waals surface area contributed by atoms with Crippen molar-refractivity contribution in [3.63, 3.8) is 0 Å². The molecule has 1 atom stereocenters. The molecule has 1 fully saturated rings. The SMILES string of the molecule is COc1ccc(C(Br)CC2CCCCCC2)c(Br)c1. The van der Waals surface area contributed by atoms with Gasteiger partial charge >= 0.3 is 0 Å². The predicted molar refractivity (Wildman–Crippen MR) is 88.2 cm³/mol. The summed E-state index contributed by atoms with van der Waals surface area (Å²) in [5, 5.41) is 0. The number of alkyl halides is 1. The summed E-state index contributed by atoms with van der Waals surface area (Å²) in [4.78, 5) is 0.441. The Morgan fingerprint density at radius 2 is 1.89 bits per heavy atom. The van der Waals surface area contributed by atoms with Gasteiger partial charge in [-0.05, 0) is 30.0 Å². The van der Waals surface area contributed by atoms with E-state index in [4.69, 9.17) is 4.74 Å². The summed E-state index contributed by atoms with van der Waals surface area (Å²) in [6, 6.07) is 6.26. The Hall–Kier alpha value is -0.0200. The summed E-state index contributed by atoms with van der Waals surface area (Å²) in [6.45, 7) is 0. The molecular weight excluding hydrogens is 368 g/mol. The molecule has 1 nitrogen and oxygen atoms in total. The van der Waals surface area contributed by atoms with Gasteiger partial charge in [0.1, 0.15) is 5.75 Å². The minimum atomic E-state index is 0.441. The first-order valence-electron chi connectivity index (χ1n) is 7.18. The van der Waals surface area contributed by atoms with Crippen molar-refractivity contribution >= 4 is 31.9 Å². The highest BCUT2D eigenvalue weighted by atomic mass is 79.9. The zero-order valence-electron chi connectivity index (χ0n) is 11.5.